The van der Waals surface area contributed by atoms with Crippen LogP contribution in [0.2, 0.25) is 0 Å². The van der Waals surface area contributed by atoms with Gasteiger partial charge in [0.15, 0.2) is 0 Å². The van der Waals surface area contributed by atoms with Crippen LogP contribution in [-0.2, 0) is 10.5 Å². The van der Waals surface area contributed by atoms with E-state index in [1.165, 1.54) is 11.8 Å². The van der Waals surface area contributed by atoms with E-state index in [2.05, 4.69) is 10.6 Å². The third-order valence-electron chi connectivity index (χ3n) is 3.87. The summed E-state index contributed by atoms with van der Waals surface area (Å²) < 4.78 is 5.19. The van der Waals surface area contributed by atoms with Crippen LogP contribution in [0.4, 0.5) is 10.5 Å². The number of carbonyl (C=O) groups is 2. The van der Waals surface area contributed by atoms with Crippen LogP contribution >= 0.6 is 11.8 Å². The number of aryl methyl sites for hydroxylation is 2. The molecule has 0 aliphatic carbocycles. The maximum Gasteiger partial charge on any atom is 0.325 e. The molecule has 2 aromatic carbocycles. The molecule has 0 aromatic heterocycles. The normalized spacial score (nSPS) is 11.5. The zero-order valence-electron chi connectivity index (χ0n) is 15.5. The minimum atomic E-state index is -0.518. The number of hydrogen-bond donors (Lipinski definition) is 2. The fraction of sp³-hybridized carbons (Fsp3) is 0.300. The molecule has 0 aliphatic rings. The Morgan fingerprint density at radius 1 is 1.15 bits per heavy atom. The number of amides is 3. The number of thioether (sulfide) groups is 1. The fourth-order valence-corrected chi connectivity index (χ4v) is 3.21. The number of urea groups is 1. The summed E-state index contributed by atoms with van der Waals surface area (Å²) in [6.07, 6.45) is 0. The lowest BCUT2D eigenvalue weighted by Gasteiger charge is -2.13. The molecule has 0 fully saturated rings. The van der Waals surface area contributed by atoms with Crippen LogP contribution in [-0.4, -0.2) is 24.3 Å². The summed E-state index contributed by atoms with van der Waals surface area (Å²) in [5.74, 6) is 1.12. The predicted octanol–water partition coefficient (Wildman–Crippen LogP) is 4.28. The van der Waals surface area contributed by atoms with Crippen LogP contribution in [0.3, 0.4) is 0 Å². The minimum absolute atomic E-state index is 0.319. The van der Waals surface area contributed by atoms with Gasteiger partial charge in [-0.1, -0.05) is 29.8 Å². The first-order valence-electron chi connectivity index (χ1n) is 8.32. The molecule has 2 N–H and O–H groups in total. The second kappa shape index (κ2) is 9.29. The summed E-state index contributed by atoms with van der Waals surface area (Å²) in [7, 11) is 1.62. The average molecular weight is 372 g/mol. The number of ether oxygens (including phenoxy) is 1. The van der Waals surface area contributed by atoms with E-state index in [9.17, 15) is 9.59 Å². The van der Waals surface area contributed by atoms with Gasteiger partial charge in [-0.3, -0.25) is 10.1 Å². The highest BCUT2D eigenvalue weighted by Crippen LogP contribution is 2.21. The second-order valence-corrected chi connectivity index (χ2v) is 7.40. The molecule has 26 heavy (non-hydrogen) atoms. The van der Waals surface area contributed by atoms with Crippen molar-refractivity contribution in [2.24, 2.45) is 0 Å². The van der Waals surface area contributed by atoms with Crippen molar-refractivity contribution in [2.45, 2.75) is 31.8 Å². The Hall–Kier alpha value is -2.47. The van der Waals surface area contributed by atoms with Crippen LogP contribution in [0.1, 0.15) is 23.6 Å². The molecule has 1 atom stereocenters. The monoisotopic (exact) mass is 372 g/mol. The summed E-state index contributed by atoms with van der Waals surface area (Å²) in [4.78, 5) is 24.3. The quantitative estimate of drug-likeness (QED) is 0.794. The molecular formula is C20H24N2O3S. The lowest BCUT2D eigenvalue weighted by molar-refractivity contribution is -0.119. The largest absolute Gasteiger partial charge is 0.497 e. The average Bonchev–Trinajstić information content (AvgIpc) is 2.62. The van der Waals surface area contributed by atoms with Gasteiger partial charge >= 0.3 is 6.03 Å². The third kappa shape index (κ3) is 5.81. The summed E-state index contributed by atoms with van der Waals surface area (Å²) in [6, 6.07) is 12.9. The molecule has 0 spiro atoms. The van der Waals surface area contributed by atoms with Crippen LogP contribution < -0.4 is 15.4 Å². The number of rotatable bonds is 6. The fourth-order valence-electron chi connectivity index (χ4n) is 2.38. The Morgan fingerprint density at radius 3 is 2.62 bits per heavy atom. The number of hydrogen-bond acceptors (Lipinski definition) is 4. The second-order valence-electron chi connectivity index (χ2n) is 6.07. The lowest BCUT2D eigenvalue weighted by atomic mass is 10.1. The maximum atomic E-state index is 12.2. The first-order chi connectivity index (χ1) is 12.4. The number of imide groups is 1. The summed E-state index contributed by atoms with van der Waals surface area (Å²) >= 11 is 1.46. The molecule has 5 nitrogen and oxygen atoms in total. The van der Waals surface area contributed by atoms with Gasteiger partial charge in [-0.15, -0.1) is 11.8 Å². The number of nitrogens with one attached hydrogen (secondary N) is 2. The van der Waals surface area contributed by atoms with Crippen molar-refractivity contribution in [1.29, 1.82) is 0 Å². The zero-order chi connectivity index (χ0) is 19.1. The van der Waals surface area contributed by atoms with Crippen LogP contribution in [0.5, 0.6) is 5.75 Å². The standard InChI is InChI=1S/C20H24N2O3S/c1-13-8-9-18(14(2)10-13)21-20(24)22-19(23)15(3)26-12-16-6-5-7-17(11-16)25-4/h5-11,15H,12H2,1-4H3,(H2,21,22,23,24). The van der Waals surface area contributed by atoms with Crippen molar-refractivity contribution in [3.05, 3.63) is 59.2 Å². The molecule has 0 aliphatic heterocycles. The first-order valence-corrected chi connectivity index (χ1v) is 9.37. The Labute approximate surface area is 158 Å². The van der Waals surface area contributed by atoms with Gasteiger partial charge in [0.25, 0.3) is 0 Å². The van der Waals surface area contributed by atoms with Crippen molar-refractivity contribution < 1.29 is 14.3 Å². The number of carbonyl (C=O) groups excluding carboxylic acids is 2. The van der Waals surface area contributed by atoms with E-state index in [1.807, 2.05) is 56.3 Å². The molecule has 3 amide bonds. The Kier molecular flexibility index (Phi) is 7.09. The SMILES string of the molecule is COc1cccc(CSC(C)C(=O)NC(=O)Nc2ccc(C)cc2C)c1. The molecule has 6 heteroatoms. The van der Waals surface area contributed by atoms with E-state index in [-0.39, 0.29) is 11.2 Å². The molecule has 0 bridgehead atoms. The number of anilines is 1. The molecule has 0 heterocycles. The summed E-state index contributed by atoms with van der Waals surface area (Å²) in [6.45, 7) is 5.68. The molecule has 0 radical (unpaired) electrons. The van der Waals surface area contributed by atoms with Gasteiger partial charge in [-0.05, 0) is 50.1 Å². The molecule has 2 aromatic rings. The van der Waals surface area contributed by atoms with E-state index in [0.717, 1.165) is 22.4 Å². The van der Waals surface area contributed by atoms with Gasteiger partial charge in [0.2, 0.25) is 5.91 Å². The Morgan fingerprint density at radius 2 is 1.92 bits per heavy atom. The predicted molar refractivity (Wildman–Crippen MR) is 107 cm³/mol. The van der Waals surface area contributed by atoms with Gasteiger partial charge < -0.3 is 10.1 Å². The highest BCUT2D eigenvalue weighted by Gasteiger charge is 2.17. The zero-order valence-corrected chi connectivity index (χ0v) is 16.3. The molecule has 1 unspecified atom stereocenters. The highest BCUT2D eigenvalue weighted by molar-refractivity contribution is 7.99. The number of benzene rings is 2. The van der Waals surface area contributed by atoms with Gasteiger partial charge in [0, 0.05) is 11.4 Å². The van der Waals surface area contributed by atoms with Gasteiger partial charge in [0.05, 0.1) is 12.4 Å². The van der Waals surface area contributed by atoms with Crippen LogP contribution in [0.25, 0.3) is 0 Å². The molecule has 0 saturated carbocycles. The smallest absolute Gasteiger partial charge is 0.325 e. The van der Waals surface area contributed by atoms with Gasteiger partial charge in [-0.25, -0.2) is 4.79 Å². The minimum Gasteiger partial charge on any atom is -0.497 e. The lowest BCUT2D eigenvalue weighted by Crippen LogP contribution is -2.39. The first kappa shape index (κ1) is 19.8. The summed E-state index contributed by atoms with van der Waals surface area (Å²) in [5, 5.41) is 4.75. The van der Waals surface area contributed by atoms with E-state index in [0.29, 0.717) is 11.4 Å². The van der Waals surface area contributed by atoms with Crippen LogP contribution in [0.15, 0.2) is 42.5 Å². The molecular weight excluding hydrogens is 348 g/mol. The maximum absolute atomic E-state index is 12.2. The van der Waals surface area contributed by atoms with Crippen molar-refractivity contribution >= 4 is 29.4 Å². The number of methoxy groups -OCH3 is 1. The van der Waals surface area contributed by atoms with Gasteiger partial charge in [0.1, 0.15) is 5.75 Å². The summed E-state index contributed by atoms with van der Waals surface area (Å²) in [5.41, 5.74) is 3.83. The van der Waals surface area contributed by atoms with Crippen LogP contribution in [0, 0.1) is 13.8 Å². The topological polar surface area (TPSA) is 67.4 Å². The van der Waals surface area contributed by atoms with Crippen molar-refractivity contribution in [3.63, 3.8) is 0 Å². The highest BCUT2D eigenvalue weighted by atomic mass is 32.2. The van der Waals surface area contributed by atoms with E-state index >= 15 is 0 Å². The van der Waals surface area contributed by atoms with Crippen molar-refractivity contribution in [3.8, 4) is 5.75 Å². The third-order valence-corrected chi connectivity index (χ3v) is 5.08. The Balaban J connectivity index is 1.84. The Bertz CT molecular complexity index is 792. The van der Waals surface area contributed by atoms with E-state index < -0.39 is 6.03 Å². The van der Waals surface area contributed by atoms with Crippen molar-refractivity contribution in [2.75, 3.05) is 12.4 Å². The molecule has 2 rings (SSSR count). The van der Waals surface area contributed by atoms with E-state index in [1.54, 1.807) is 14.0 Å². The van der Waals surface area contributed by atoms with E-state index in [4.69, 9.17) is 4.74 Å². The molecule has 138 valence electrons. The molecule has 0 saturated heterocycles. The van der Waals surface area contributed by atoms with Crippen molar-refractivity contribution in [1.82, 2.24) is 5.32 Å². The van der Waals surface area contributed by atoms with Gasteiger partial charge in [-0.2, -0.15) is 0 Å².